The maximum atomic E-state index is 5.46. The molecule has 6 nitrogen and oxygen atoms in total. The van der Waals surface area contributed by atoms with Crippen molar-refractivity contribution in [2.75, 3.05) is 23.7 Å². The lowest BCUT2D eigenvalue weighted by atomic mass is 10.1. The second kappa shape index (κ2) is 8.39. The SMILES string of the molecule is Cc1onc(-c2ccccc2)c1NC(=S)NCCc1ccc2c(n1)NCCC2. The minimum atomic E-state index is 0.541. The molecule has 0 fully saturated rings. The first-order valence-electron chi connectivity index (χ1n) is 9.50. The summed E-state index contributed by atoms with van der Waals surface area (Å²) in [6.07, 6.45) is 3.07. The van der Waals surface area contributed by atoms with Crippen molar-refractivity contribution in [3.63, 3.8) is 0 Å². The van der Waals surface area contributed by atoms with Gasteiger partial charge >= 0.3 is 0 Å². The highest BCUT2D eigenvalue weighted by atomic mass is 32.1. The van der Waals surface area contributed by atoms with Crippen LogP contribution in [0.4, 0.5) is 11.5 Å². The molecular formula is C21H23N5OS. The summed E-state index contributed by atoms with van der Waals surface area (Å²) in [7, 11) is 0. The molecule has 0 atom stereocenters. The number of nitrogens with zero attached hydrogens (tertiary/aromatic N) is 2. The smallest absolute Gasteiger partial charge is 0.170 e. The predicted octanol–water partition coefficient (Wildman–Crippen LogP) is 3.93. The number of nitrogens with one attached hydrogen (secondary N) is 3. The van der Waals surface area contributed by atoms with Crippen molar-refractivity contribution in [3.8, 4) is 11.3 Å². The second-order valence-corrected chi connectivity index (χ2v) is 7.21. The van der Waals surface area contributed by atoms with E-state index in [0.29, 0.717) is 17.4 Å². The lowest BCUT2D eigenvalue weighted by Gasteiger charge is -2.17. The molecule has 0 saturated heterocycles. The number of anilines is 2. The van der Waals surface area contributed by atoms with Crippen LogP contribution in [0.2, 0.25) is 0 Å². The van der Waals surface area contributed by atoms with Crippen LogP contribution >= 0.6 is 12.2 Å². The van der Waals surface area contributed by atoms with Crippen molar-refractivity contribution in [3.05, 3.63) is 59.5 Å². The van der Waals surface area contributed by atoms with Gasteiger partial charge < -0.3 is 20.5 Å². The molecular weight excluding hydrogens is 370 g/mol. The van der Waals surface area contributed by atoms with Gasteiger partial charge in [0.2, 0.25) is 0 Å². The number of pyridine rings is 1. The lowest BCUT2D eigenvalue weighted by molar-refractivity contribution is 0.400. The molecule has 0 saturated carbocycles. The van der Waals surface area contributed by atoms with Crippen LogP contribution in [-0.4, -0.2) is 28.3 Å². The van der Waals surface area contributed by atoms with Gasteiger partial charge in [0.05, 0.1) is 0 Å². The Morgan fingerprint density at radius 3 is 2.93 bits per heavy atom. The Kier molecular flexibility index (Phi) is 5.53. The zero-order chi connectivity index (χ0) is 19.3. The molecule has 1 aliphatic rings. The molecule has 3 aromatic rings. The Labute approximate surface area is 169 Å². The van der Waals surface area contributed by atoms with Crippen LogP contribution in [0.5, 0.6) is 0 Å². The standard InChI is InChI=1S/C21H23N5OS/c1-14-18(19(26-27-14)15-6-3-2-4-7-15)25-21(28)23-13-11-17-10-9-16-8-5-12-22-20(16)24-17/h2-4,6-7,9-10H,5,8,11-13H2,1H3,(H,22,24)(H2,23,25,28). The predicted molar refractivity (Wildman–Crippen MR) is 116 cm³/mol. The average molecular weight is 394 g/mol. The Morgan fingerprint density at radius 1 is 1.21 bits per heavy atom. The number of aromatic nitrogens is 2. The summed E-state index contributed by atoms with van der Waals surface area (Å²) in [6.45, 7) is 3.56. The molecule has 28 heavy (non-hydrogen) atoms. The molecule has 2 aromatic heterocycles. The van der Waals surface area contributed by atoms with E-state index in [4.69, 9.17) is 21.7 Å². The van der Waals surface area contributed by atoms with Crippen LogP contribution < -0.4 is 16.0 Å². The number of fused-ring (bicyclic) bond motifs is 1. The minimum absolute atomic E-state index is 0.541. The third-order valence-corrected chi connectivity index (χ3v) is 5.01. The summed E-state index contributed by atoms with van der Waals surface area (Å²) in [5.41, 5.74) is 4.88. The third-order valence-electron chi connectivity index (χ3n) is 4.77. The van der Waals surface area contributed by atoms with Gasteiger partial charge in [-0.1, -0.05) is 41.6 Å². The van der Waals surface area contributed by atoms with Crippen LogP contribution in [-0.2, 0) is 12.8 Å². The summed E-state index contributed by atoms with van der Waals surface area (Å²) >= 11 is 5.46. The van der Waals surface area contributed by atoms with Gasteiger partial charge in [-0.25, -0.2) is 4.98 Å². The molecule has 3 heterocycles. The van der Waals surface area contributed by atoms with Crippen LogP contribution in [0.3, 0.4) is 0 Å². The summed E-state index contributed by atoms with van der Waals surface area (Å²) in [5, 5.41) is 14.6. The first-order chi connectivity index (χ1) is 13.7. The summed E-state index contributed by atoms with van der Waals surface area (Å²) < 4.78 is 5.36. The number of rotatable bonds is 5. The van der Waals surface area contributed by atoms with Crippen molar-refractivity contribution < 1.29 is 4.52 Å². The number of thiocarbonyl (C=S) groups is 1. The van der Waals surface area contributed by atoms with E-state index in [1.165, 1.54) is 12.0 Å². The quantitative estimate of drug-likeness (QED) is 0.567. The van der Waals surface area contributed by atoms with E-state index in [9.17, 15) is 0 Å². The fourth-order valence-electron chi connectivity index (χ4n) is 3.28. The van der Waals surface area contributed by atoms with E-state index in [1.807, 2.05) is 37.3 Å². The molecule has 144 valence electrons. The Hall–Kier alpha value is -2.93. The van der Waals surface area contributed by atoms with Gasteiger partial charge in [0.1, 0.15) is 17.2 Å². The second-order valence-electron chi connectivity index (χ2n) is 6.80. The zero-order valence-corrected chi connectivity index (χ0v) is 16.6. The molecule has 0 unspecified atom stereocenters. The Bertz CT molecular complexity index is 970. The fraction of sp³-hybridized carbons (Fsp3) is 0.286. The van der Waals surface area contributed by atoms with E-state index in [0.717, 1.165) is 47.8 Å². The highest BCUT2D eigenvalue weighted by Gasteiger charge is 2.15. The third kappa shape index (κ3) is 4.14. The van der Waals surface area contributed by atoms with Gasteiger partial charge in [-0.05, 0) is 43.6 Å². The Morgan fingerprint density at radius 2 is 2.07 bits per heavy atom. The van der Waals surface area contributed by atoms with Gasteiger partial charge in [-0.3, -0.25) is 0 Å². The zero-order valence-electron chi connectivity index (χ0n) is 15.8. The average Bonchev–Trinajstić information content (AvgIpc) is 3.09. The van der Waals surface area contributed by atoms with Crippen LogP contribution in [0.25, 0.3) is 11.3 Å². The molecule has 1 aromatic carbocycles. The van der Waals surface area contributed by atoms with Crippen molar-refractivity contribution in [1.82, 2.24) is 15.5 Å². The monoisotopic (exact) mass is 393 g/mol. The van der Waals surface area contributed by atoms with Crippen molar-refractivity contribution >= 4 is 28.8 Å². The molecule has 3 N–H and O–H groups in total. The highest BCUT2D eigenvalue weighted by Crippen LogP contribution is 2.29. The maximum Gasteiger partial charge on any atom is 0.170 e. The molecule has 1 aliphatic heterocycles. The number of benzene rings is 1. The van der Waals surface area contributed by atoms with E-state index >= 15 is 0 Å². The van der Waals surface area contributed by atoms with Crippen molar-refractivity contribution in [2.45, 2.75) is 26.2 Å². The topological polar surface area (TPSA) is 75.0 Å². The molecule has 4 rings (SSSR count). The number of hydrogen-bond donors (Lipinski definition) is 3. The van der Waals surface area contributed by atoms with E-state index in [2.05, 4.69) is 33.2 Å². The molecule has 0 amide bonds. The first-order valence-corrected chi connectivity index (χ1v) is 9.91. The summed E-state index contributed by atoms with van der Waals surface area (Å²) in [6, 6.07) is 14.2. The normalized spacial score (nSPS) is 12.8. The largest absolute Gasteiger partial charge is 0.370 e. The molecule has 0 spiro atoms. The summed E-state index contributed by atoms with van der Waals surface area (Å²) in [4.78, 5) is 4.71. The van der Waals surface area contributed by atoms with Gasteiger partial charge in [-0.2, -0.15) is 0 Å². The Balaban J connectivity index is 1.35. The van der Waals surface area contributed by atoms with E-state index in [-0.39, 0.29) is 0 Å². The lowest BCUT2D eigenvalue weighted by Crippen LogP contribution is -2.30. The molecule has 0 radical (unpaired) electrons. The van der Waals surface area contributed by atoms with Crippen LogP contribution in [0.1, 0.15) is 23.4 Å². The molecule has 0 bridgehead atoms. The molecule has 7 heteroatoms. The highest BCUT2D eigenvalue weighted by molar-refractivity contribution is 7.80. The number of hydrogen-bond acceptors (Lipinski definition) is 5. The van der Waals surface area contributed by atoms with Crippen LogP contribution in [0, 0.1) is 6.92 Å². The minimum Gasteiger partial charge on any atom is -0.370 e. The summed E-state index contributed by atoms with van der Waals surface area (Å²) in [5.74, 6) is 1.72. The van der Waals surface area contributed by atoms with E-state index in [1.54, 1.807) is 0 Å². The number of aryl methyl sites for hydroxylation is 2. The van der Waals surface area contributed by atoms with Crippen molar-refractivity contribution in [2.24, 2.45) is 0 Å². The molecule has 0 aliphatic carbocycles. The maximum absolute atomic E-state index is 5.46. The van der Waals surface area contributed by atoms with Crippen molar-refractivity contribution in [1.29, 1.82) is 0 Å². The van der Waals surface area contributed by atoms with Gasteiger partial charge in [-0.15, -0.1) is 0 Å². The first kappa shape index (κ1) is 18.4. The van der Waals surface area contributed by atoms with Crippen LogP contribution in [0.15, 0.2) is 47.0 Å². The van der Waals surface area contributed by atoms with Gasteiger partial charge in [0.15, 0.2) is 10.9 Å². The fourth-order valence-corrected chi connectivity index (χ4v) is 3.49. The van der Waals surface area contributed by atoms with Gasteiger partial charge in [0.25, 0.3) is 0 Å². The van der Waals surface area contributed by atoms with E-state index < -0.39 is 0 Å². The van der Waals surface area contributed by atoms with Gasteiger partial charge in [0, 0.05) is 30.8 Å².